The van der Waals surface area contributed by atoms with Crippen LogP contribution in [0.25, 0.3) is 0 Å². The zero-order valence-corrected chi connectivity index (χ0v) is 38.5. The fourth-order valence-electron chi connectivity index (χ4n) is 7.90. The van der Waals surface area contributed by atoms with Crippen LogP contribution in [0, 0.1) is 0 Å². The number of aromatic nitrogens is 2. The maximum absolute atomic E-state index is 13.4. The van der Waals surface area contributed by atoms with E-state index in [9.17, 15) is 57.7 Å². The molecule has 29 heteroatoms. The largest absolute Gasteiger partial charge is 0.508 e. The number of aromatic hydroxyl groups is 2. The summed E-state index contributed by atoms with van der Waals surface area (Å²) < 4.78 is 65.9. The zero-order valence-electron chi connectivity index (χ0n) is 35.9. The molecule has 11 N–H and O–H groups in total. The van der Waals surface area contributed by atoms with E-state index >= 15 is 0 Å². The first-order chi connectivity index (χ1) is 32.5. The number of nitrogen functional groups attached to an aromatic ring is 1. The van der Waals surface area contributed by atoms with Gasteiger partial charge in [-0.3, -0.25) is 23.5 Å². The number of hydrogen-bond acceptors (Lipinski definition) is 18. The monoisotopic (exact) mass is 1020 g/mol. The standard InChI is InChI=1S/C40H45N6O20P3/c41-33-13-16-46(39(53)45-33)36-20-29(32(63-36)21-61-68(57,58)66-69(59,60)65-67(54,55)56)44-35(50)12-11-34(49)42-14-3-1-2-4-15-43-37(51)22-5-8-26-25(17-22)38(52)64-40(26)27-9-6-23(47)18-30(27)62-31-19-24(48)7-10-28(31)40/h5-10,13,16-19,29,32,36,47-48H,1-4,11-12,14-15,20-21H2,(H,42,49)(H,43,51)(H,44,50)(H,57,58)(H,59,60)(H2,41,45,53)(H2,54,55,56)/t29-,32+,36+/m0/s1. The maximum atomic E-state index is 13.4. The average molecular weight is 1020 g/mol. The van der Waals surface area contributed by atoms with Gasteiger partial charge in [0.25, 0.3) is 5.91 Å². The van der Waals surface area contributed by atoms with E-state index in [4.69, 9.17) is 34.3 Å². The van der Waals surface area contributed by atoms with Gasteiger partial charge in [0.05, 0.1) is 18.2 Å². The molecule has 1 saturated heterocycles. The molecule has 1 aromatic heterocycles. The molecule has 26 nitrogen and oxygen atoms in total. The van der Waals surface area contributed by atoms with Gasteiger partial charge < -0.3 is 65.7 Å². The second-order valence-electron chi connectivity index (χ2n) is 15.8. The van der Waals surface area contributed by atoms with Crippen LogP contribution in [0.4, 0.5) is 5.82 Å². The second kappa shape index (κ2) is 20.5. The molecule has 3 aliphatic heterocycles. The lowest BCUT2D eigenvalue weighted by molar-refractivity contribution is -0.127. The number of ether oxygens (including phenoxy) is 3. The number of amides is 3. The van der Waals surface area contributed by atoms with Crippen LogP contribution in [0.2, 0.25) is 0 Å². The maximum Gasteiger partial charge on any atom is 0.490 e. The summed E-state index contributed by atoms with van der Waals surface area (Å²) in [6.45, 7) is -0.335. The van der Waals surface area contributed by atoms with Crippen molar-refractivity contribution in [1.82, 2.24) is 25.5 Å². The zero-order chi connectivity index (χ0) is 49.9. The van der Waals surface area contributed by atoms with E-state index in [0.717, 1.165) is 4.57 Å². The summed E-state index contributed by atoms with van der Waals surface area (Å²) in [5, 5.41) is 28.4. The number of nitrogens with one attached hydrogen (secondary N) is 3. The van der Waals surface area contributed by atoms with E-state index < -0.39 is 83.4 Å². The summed E-state index contributed by atoms with van der Waals surface area (Å²) in [5.74, 6) is -2.03. The molecule has 1 spiro atoms. The minimum Gasteiger partial charge on any atom is -0.508 e. The van der Waals surface area contributed by atoms with Crippen LogP contribution < -0.4 is 32.1 Å². The van der Waals surface area contributed by atoms with Gasteiger partial charge in [0.15, 0.2) is 5.60 Å². The number of phosphoric ester groups is 1. The summed E-state index contributed by atoms with van der Waals surface area (Å²) in [6.07, 6.45) is 0.603. The Morgan fingerprint density at radius 1 is 0.797 bits per heavy atom. The summed E-state index contributed by atoms with van der Waals surface area (Å²) in [6, 6.07) is 13.7. The molecule has 370 valence electrons. The van der Waals surface area contributed by atoms with Crippen LogP contribution in [0.5, 0.6) is 23.0 Å². The topological polar surface area (TPSA) is 393 Å². The summed E-state index contributed by atoms with van der Waals surface area (Å²) in [5.41, 5.74) is 4.98. The van der Waals surface area contributed by atoms with Gasteiger partial charge in [-0.25, -0.2) is 23.3 Å². The number of anilines is 1. The highest BCUT2D eigenvalue weighted by Crippen LogP contribution is 2.66. The number of phosphoric acid groups is 3. The van der Waals surface area contributed by atoms with Crippen LogP contribution in [-0.4, -0.2) is 94.9 Å². The number of esters is 1. The van der Waals surface area contributed by atoms with Crippen molar-refractivity contribution in [2.45, 2.75) is 68.9 Å². The number of carbonyl (C=O) groups excluding carboxylic acids is 4. The predicted octanol–water partition coefficient (Wildman–Crippen LogP) is 2.81. The summed E-state index contributed by atoms with van der Waals surface area (Å²) >= 11 is 0. The molecular formula is C40H45N6O20P3. The van der Waals surface area contributed by atoms with Crippen LogP contribution in [0.3, 0.4) is 0 Å². The van der Waals surface area contributed by atoms with Gasteiger partial charge in [-0.2, -0.15) is 13.6 Å². The van der Waals surface area contributed by atoms with Crippen molar-refractivity contribution < 1.29 is 90.0 Å². The van der Waals surface area contributed by atoms with Crippen molar-refractivity contribution >= 4 is 53.0 Å². The van der Waals surface area contributed by atoms with Crippen LogP contribution in [0.15, 0.2) is 71.7 Å². The third-order valence-electron chi connectivity index (χ3n) is 10.9. The molecule has 4 heterocycles. The molecule has 3 aromatic carbocycles. The number of nitrogens with two attached hydrogens (primary N) is 1. The van der Waals surface area contributed by atoms with Crippen LogP contribution in [0.1, 0.15) is 88.6 Å². The van der Waals surface area contributed by atoms with E-state index in [1.54, 1.807) is 24.3 Å². The summed E-state index contributed by atoms with van der Waals surface area (Å²) in [4.78, 5) is 105. The van der Waals surface area contributed by atoms with Crippen molar-refractivity contribution in [3.8, 4) is 23.0 Å². The Kier molecular flexibility index (Phi) is 15.1. The van der Waals surface area contributed by atoms with Gasteiger partial charge in [0.1, 0.15) is 41.1 Å². The fourth-order valence-corrected chi connectivity index (χ4v) is 10.9. The Labute approximate surface area is 390 Å². The van der Waals surface area contributed by atoms with Crippen LogP contribution >= 0.6 is 23.5 Å². The number of phenols is 2. The number of carbonyl (C=O) groups is 4. The van der Waals surface area contributed by atoms with Crippen molar-refractivity contribution in [2.24, 2.45) is 0 Å². The Balaban J connectivity index is 0.835. The predicted molar refractivity (Wildman–Crippen MR) is 234 cm³/mol. The second-order valence-corrected chi connectivity index (χ2v) is 20.2. The van der Waals surface area contributed by atoms with Crippen molar-refractivity contribution in [1.29, 1.82) is 0 Å². The first-order valence-electron chi connectivity index (χ1n) is 20.9. The molecule has 0 aliphatic carbocycles. The highest BCUT2D eigenvalue weighted by Gasteiger charge is 2.54. The molecular weight excluding hydrogens is 977 g/mol. The van der Waals surface area contributed by atoms with E-state index in [-0.39, 0.29) is 65.8 Å². The van der Waals surface area contributed by atoms with Gasteiger partial charge in [-0.1, -0.05) is 18.9 Å². The molecule has 3 amide bonds. The number of hydrogen-bond donors (Lipinski definition) is 10. The minimum absolute atomic E-state index is 0.0819. The number of unbranched alkanes of at least 4 members (excludes halogenated alkanes) is 3. The van der Waals surface area contributed by atoms with Gasteiger partial charge in [0.2, 0.25) is 11.8 Å². The SMILES string of the molecule is Nc1ccn([C@H]2C[C@H](NC(=O)CCC(=O)NCCCCCCNC(=O)c3ccc4c(c3)C(=O)OC43c4ccc(O)cc4Oc4cc(O)ccc43)[C@@H](COP(=O)(O)OP(=O)(O)OP(=O)(O)O)O2)c(=O)n1. The Hall–Kier alpha value is -6.01. The van der Waals surface area contributed by atoms with Gasteiger partial charge in [-0.05, 0) is 55.3 Å². The third-order valence-corrected chi connectivity index (χ3v) is 14.7. The van der Waals surface area contributed by atoms with Gasteiger partial charge in [-0.15, -0.1) is 0 Å². The van der Waals surface area contributed by atoms with Gasteiger partial charge in [0, 0.05) is 72.9 Å². The average Bonchev–Trinajstić information content (AvgIpc) is 3.78. The van der Waals surface area contributed by atoms with E-state index in [1.807, 2.05) is 0 Å². The molecule has 3 aliphatic rings. The first kappa shape index (κ1) is 50.9. The Bertz CT molecular complexity index is 2820. The fraction of sp³-hybridized carbons (Fsp3) is 0.350. The van der Waals surface area contributed by atoms with E-state index in [0.29, 0.717) is 48.9 Å². The lowest BCUT2D eigenvalue weighted by Gasteiger charge is -2.36. The highest BCUT2D eigenvalue weighted by atomic mass is 31.3. The molecule has 7 rings (SSSR count). The Morgan fingerprint density at radius 2 is 1.42 bits per heavy atom. The molecule has 0 saturated carbocycles. The normalized spacial score (nSPS) is 19.5. The number of fused-ring (bicyclic) bond motifs is 6. The van der Waals surface area contributed by atoms with Gasteiger partial charge >= 0.3 is 35.1 Å². The molecule has 1 fully saturated rings. The third kappa shape index (κ3) is 12.2. The number of benzene rings is 3. The van der Waals surface area contributed by atoms with E-state index in [1.165, 1.54) is 42.6 Å². The summed E-state index contributed by atoms with van der Waals surface area (Å²) in [7, 11) is -17.1. The number of phenolic OH excluding ortho intramolecular Hbond substituents is 2. The highest BCUT2D eigenvalue weighted by molar-refractivity contribution is 7.66. The van der Waals surface area contributed by atoms with Crippen molar-refractivity contribution in [3.05, 3.63) is 105 Å². The Morgan fingerprint density at radius 3 is 2.06 bits per heavy atom. The van der Waals surface area contributed by atoms with Crippen molar-refractivity contribution in [2.75, 3.05) is 25.4 Å². The molecule has 4 aromatic rings. The van der Waals surface area contributed by atoms with Crippen LogP contribution in [-0.2, 0) is 51.5 Å². The smallest absolute Gasteiger partial charge is 0.490 e. The quantitative estimate of drug-likeness (QED) is 0.0345. The molecule has 2 unspecified atom stereocenters. The minimum atomic E-state index is -5.83. The molecule has 0 radical (unpaired) electrons. The molecule has 69 heavy (non-hydrogen) atoms. The number of nitrogens with zero attached hydrogens (tertiary/aromatic N) is 2. The molecule has 0 bridgehead atoms. The van der Waals surface area contributed by atoms with Crippen molar-refractivity contribution in [3.63, 3.8) is 0 Å². The lowest BCUT2D eigenvalue weighted by Crippen LogP contribution is -2.42. The molecule has 5 atom stereocenters. The first-order valence-corrected chi connectivity index (χ1v) is 25.4. The lowest BCUT2D eigenvalue weighted by atomic mass is 9.77. The van der Waals surface area contributed by atoms with E-state index in [2.05, 4.69) is 29.6 Å². The number of rotatable bonds is 20.